The van der Waals surface area contributed by atoms with Gasteiger partial charge < -0.3 is 20.1 Å². The van der Waals surface area contributed by atoms with E-state index in [4.69, 9.17) is 21.1 Å². The Morgan fingerprint density at radius 2 is 1.79 bits per heavy atom. The Hall–Kier alpha value is -2.47. The van der Waals surface area contributed by atoms with Gasteiger partial charge in [0.2, 0.25) is 5.91 Å². The molecule has 0 fully saturated rings. The number of halogens is 2. The second-order valence-corrected chi connectivity index (χ2v) is 5.46. The van der Waals surface area contributed by atoms with Crippen molar-refractivity contribution in [1.29, 1.82) is 0 Å². The van der Waals surface area contributed by atoms with Crippen LogP contribution in [0.15, 0.2) is 30.3 Å². The molecular weight excluding hydrogens is 335 g/mol. The topological polar surface area (TPSA) is 59.6 Å². The number of ether oxygens (including phenoxy) is 2. The molecule has 2 aromatic carbocycles. The van der Waals surface area contributed by atoms with E-state index in [1.165, 1.54) is 12.1 Å². The van der Waals surface area contributed by atoms with Gasteiger partial charge in [0.05, 0.1) is 31.5 Å². The van der Waals surface area contributed by atoms with Crippen LogP contribution in [0.25, 0.3) is 0 Å². The molecule has 0 aromatic heterocycles. The minimum Gasteiger partial charge on any atom is -0.493 e. The number of nitrogens with one attached hydrogen (secondary N) is 2. The molecule has 24 heavy (non-hydrogen) atoms. The summed E-state index contributed by atoms with van der Waals surface area (Å²) in [5.41, 5.74) is 2.00. The average molecular weight is 353 g/mol. The maximum atomic E-state index is 13.0. The molecule has 5 nitrogen and oxygen atoms in total. The van der Waals surface area contributed by atoms with Gasteiger partial charge in [0, 0.05) is 11.8 Å². The number of hydrogen-bond acceptors (Lipinski definition) is 4. The summed E-state index contributed by atoms with van der Waals surface area (Å²) in [7, 11) is 3.10. The van der Waals surface area contributed by atoms with E-state index >= 15 is 0 Å². The predicted octanol–water partition coefficient (Wildman–Crippen LogP) is 3.86. The standard InChI is InChI=1S/C17H18ClFN2O3/c1-10-6-15(23-2)16(24-3)8-14(10)20-9-17(22)21-13-5-4-11(19)7-12(13)18/h4-8,20H,9H2,1-3H3,(H,21,22). The lowest BCUT2D eigenvalue weighted by atomic mass is 10.1. The molecule has 2 aromatic rings. The van der Waals surface area contributed by atoms with E-state index in [9.17, 15) is 9.18 Å². The molecule has 0 heterocycles. The van der Waals surface area contributed by atoms with Crippen molar-refractivity contribution in [2.24, 2.45) is 0 Å². The fourth-order valence-electron chi connectivity index (χ4n) is 2.13. The molecule has 0 bridgehead atoms. The second kappa shape index (κ2) is 7.88. The third-order valence-electron chi connectivity index (χ3n) is 3.38. The average Bonchev–Trinajstić information content (AvgIpc) is 2.56. The van der Waals surface area contributed by atoms with Gasteiger partial charge in [-0.15, -0.1) is 0 Å². The lowest BCUT2D eigenvalue weighted by Gasteiger charge is -2.14. The van der Waals surface area contributed by atoms with Gasteiger partial charge in [-0.05, 0) is 36.8 Å². The van der Waals surface area contributed by atoms with Crippen molar-refractivity contribution in [2.45, 2.75) is 6.92 Å². The number of carbonyl (C=O) groups excluding carboxylic acids is 1. The molecule has 0 unspecified atom stereocenters. The van der Waals surface area contributed by atoms with E-state index in [-0.39, 0.29) is 17.5 Å². The highest BCUT2D eigenvalue weighted by Crippen LogP contribution is 2.32. The largest absolute Gasteiger partial charge is 0.493 e. The zero-order chi connectivity index (χ0) is 17.7. The lowest BCUT2D eigenvalue weighted by Crippen LogP contribution is -2.22. The normalized spacial score (nSPS) is 10.2. The Bertz CT molecular complexity index is 753. The minimum atomic E-state index is -0.461. The van der Waals surface area contributed by atoms with E-state index in [0.717, 1.165) is 17.3 Å². The molecule has 2 N–H and O–H groups in total. The van der Waals surface area contributed by atoms with Crippen molar-refractivity contribution >= 4 is 28.9 Å². The lowest BCUT2D eigenvalue weighted by molar-refractivity contribution is -0.114. The fraction of sp³-hybridized carbons (Fsp3) is 0.235. The molecular formula is C17H18ClFN2O3. The molecule has 0 radical (unpaired) electrons. The van der Waals surface area contributed by atoms with Crippen LogP contribution in [0.1, 0.15) is 5.56 Å². The Morgan fingerprint density at radius 3 is 2.42 bits per heavy atom. The molecule has 1 amide bonds. The van der Waals surface area contributed by atoms with Crippen molar-refractivity contribution in [3.63, 3.8) is 0 Å². The Labute approximate surface area is 144 Å². The number of aryl methyl sites for hydroxylation is 1. The summed E-state index contributed by atoms with van der Waals surface area (Å²) >= 11 is 5.88. The second-order valence-electron chi connectivity index (χ2n) is 5.05. The predicted molar refractivity (Wildman–Crippen MR) is 92.8 cm³/mol. The van der Waals surface area contributed by atoms with Crippen molar-refractivity contribution in [2.75, 3.05) is 31.4 Å². The summed E-state index contributed by atoms with van der Waals surface area (Å²) in [6, 6.07) is 7.36. The van der Waals surface area contributed by atoms with Crippen molar-refractivity contribution in [3.8, 4) is 11.5 Å². The maximum Gasteiger partial charge on any atom is 0.243 e. The number of rotatable bonds is 6. The summed E-state index contributed by atoms with van der Waals surface area (Å²) in [5, 5.41) is 5.79. The first-order valence-electron chi connectivity index (χ1n) is 7.16. The van der Waals surface area contributed by atoms with Gasteiger partial charge in [0.15, 0.2) is 11.5 Å². The van der Waals surface area contributed by atoms with E-state index < -0.39 is 5.82 Å². The van der Waals surface area contributed by atoms with Gasteiger partial charge in [-0.25, -0.2) is 4.39 Å². The summed E-state index contributed by atoms with van der Waals surface area (Å²) in [6.07, 6.45) is 0. The summed E-state index contributed by atoms with van der Waals surface area (Å²) in [6.45, 7) is 1.91. The van der Waals surface area contributed by atoms with Crippen LogP contribution in [0.2, 0.25) is 5.02 Å². The zero-order valence-corrected chi connectivity index (χ0v) is 14.3. The van der Waals surface area contributed by atoms with Crippen LogP contribution in [0.3, 0.4) is 0 Å². The summed E-state index contributed by atoms with van der Waals surface area (Å²) < 4.78 is 23.5. The fourth-order valence-corrected chi connectivity index (χ4v) is 2.35. The number of carbonyl (C=O) groups is 1. The van der Waals surface area contributed by atoms with Crippen LogP contribution >= 0.6 is 11.6 Å². The Kier molecular flexibility index (Phi) is 5.87. The highest BCUT2D eigenvalue weighted by atomic mass is 35.5. The van der Waals surface area contributed by atoms with Crippen LogP contribution in [-0.4, -0.2) is 26.7 Å². The molecule has 128 valence electrons. The van der Waals surface area contributed by atoms with Gasteiger partial charge >= 0.3 is 0 Å². The minimum absolute atomic E-state index is 0.0179. The van der Waals surface area contributed by atoms with Crippen molar-refractivity contribution in [3.05, 3.63) is 46.7 Å². The van der Waals surface area contributed by atoms with Crippen molar-refractivity contribution < 1.29 is 18.7 Å². The van der Waals surface area contributed by atoms with Gasteiger partial charge in [-0.2, -0.15) is 0 Å². The van der Waals surface area contributed by atoms with E-state index in [2.05, 4.69) is 10.6 Å². The summed E-state index contributed by atoms with van der Waals surface area (Å²) in [5.74, 6) is 0.408. The van der Waals surface area contributed by atoms with Crippen molar-refractivity contribution in [1.82, 2.24) is 0 Å². The van der Waals surface area contributed by atoms with Gasteiger partial charge in [-0.1, -0.05) is 11.6 Å². The highest BCUT2D eigenvalue weighted by Gasteiger charge is 2.11. The number of benzene rings is 2. The number of amides is 1. The van der Waals surface area contributed by atoms with Gasteiger partial charge in [-0.3, -0.25) is 4.79 Å². The Balaban J connectivity index is 2.03. The first kappa shape index (κ1) is 17.9. The van der Waals surface area contributed by atoms with Crippen LogP contribution in [-0.2, 0) is 4.79 Å². The van der Waals surface area contributed by atoms with Crippen LogP contribution in [0.5, 0.6) is 11.5 Å². The highest BCUT2D eigenvalue weighted by molar-refractivity contribution is 6.33. The molecule has 0 aliphatic carbocycles. The first-order valence-corrected chi connectivity index (χ1v) is 7.53. The zero-order valence-electron chi connectivity index (χ0n) is 13.6. The van der Waals surface area contributed by atoms with Gasteiger partial charge in [0.1, 0.15) is 5.82 Å². The third-order valence-corrected chi connectivity index (χ3v) is 3.69. The third kappa shape index (κ3) is 4.29. The van der Waals surface area contributed by atoms with E-state index in [0.29, 0.717) is 17.2 Å². The van der Waals surface area contributed by atoms with Crippen LogP contribution in [0, 0.1) is 12.7 Å². The molecule has 0 saturated carbocycles. The van der Waals surface area contributed by atoms with E-state index in [1.54, 1.807) is 20.3 Å². The molecule has 0 aliphatic heterocycles. The van der Waals surface area contributed by atoms with E-state index in [1.807, 2.05) is 13.0 Å². The molecule has 0 aliphatic rings. The molecule has 0 spiro atoms. The first-order chi connectivity index (χ1) is 11.4. The van der Waals surface area contributed by atoms with Crippen LogP contribution < -0.4 is 20.1 Å². The molecule has 2 rings (SSSR count). The number of hydrogen-bond donors (Lipinski definition) is 2. The monoisotopic (exact) mass is 352 g/mol. The quantitative estimate of drug-likeness (QED) is 0.829. The maximum absolute atomic E-state index is 13.0. The SMILES string of the molecule is COc1cc(C)c(NCC(=O)Nc2ccc(F)cc2Cl)cc1OC. The molecule has 0 atom stereocenters. The Morgan fingerprint density at radius 1 is 1.12 bits per heavy atom. The molecule has 7 heteroatoms. The smallest absolute Gasteiger partial charge is 0.243 e. The molecule has 0 saturated heterocycles. The van der Waals surface area contributed by atoms with Gasteiger partial charge in [0.25, 0.3) is 0 Å². The van der Waals surface area contributed by atoms with Crippen LogP contribution in [0.4, 0.5) is 15.8 Å². The summed E-state index contributed by atoms with van der Waals surface area (Å²) in [4.78, 5) is 12.0. The number of anilines is 2. The number of methoxy groups -OCH3 is 2.